The van der Waals surface area contributed by atoms with E-state index in [4.69, 9.17) is 0 Å². The maximum atomic E-state index is 12.7. The summed E-state index contributed by atoms with van der Waals surface area (Å²) in [5, 5.41) is 0. The summed E-state index contributed by atoms with van der Waals surface area (Å²) in [6.45, 7) is 8.29. The SMILES string of the molecule is CCn1c(C)nc2cc(CC(=O)CC3CCN(Cc4ccccc4)CC3)ccc21.Cl. The molecule has 0 bridgehead atoms. The molecule has 0 N–H and O–H groups in total. The standard InChI is InChI=1S/C25H31N3O.ClH/c1-3-28-19(2)26-24-17-22(9-10-25(24)28)16-23(29)15-20-11-13-27(14-12-20)18-21-7-5-4-6-8-21;/h4-10,17,20H,3,11-16,18H2,1-2H3;1H. The van der Waals surface area contributed by atoms with Gasteiger partial charge in [0, 0.05) is 25.9 Å². The largest absolute Gasteiger partial charge is 0.329 e. The first-order valence-electron chi connectivity index (χ1n) is 10.9. The van der Waals surface area contributed by atoms with Crippen LogP contribution in [0, 0.1) is 12.8 Å². The Labute approximate surface area is 185 Å². The number of aromatic nitrogens is 2. The Bertz CT molecular complexity index is 975. The number of halogens is 1. The molecule has 0 atom stereocenters. The van der Waals surface area contributed by atoms with E-state index in [1.54, 1.807) is 0 Å². The van der Waals surface area contributed by atoms with Crippen LogP contribution in [0.4, 0.5) is 0 Å². The molecule has 2 heterocycles. The monoisotopic (exact) mass is 425 g/mol. The number of benzene rings is 2. The number of hydrogen-bond donors (Lipinski definition) is 0. The minimum atomic E-state index is 0. The zero-order valence-corrected chi connectivity index (χ0v) is 18.8. The van der Waals surface area contributed by atoms with Gasteiger partial charge < -0.3 is 4.57 Å². The summed E-state index contributed by atoms with van der Waals surface area (Å²) < 4.78 is 2.21. The zero-order chi connectivity index (χ0) is 20.2. The molecule has 1 fully saturated rings. The molecular weight excluding hydrogens is 394 g/mol. The lowest BCUT2D eigenvalue weighted by Crippen LogP contribution is -2.34. The van der Waals surface area contributed by atoms with Crippen molar-refractivity contribution in [3.63, 3.8) is 0 Å². The van der Waals surface area contributed by atoms with Crippen LogP contribution >= 0.6 is 12.4 Å². The molecule has 30 heavy (non-hydrogen) atoms. The topological polar surface area (TPSA) is 38.1 Å². The van der Waals surface area contributed by atoms with E-state index < -0.39 is 0 Å². The first-order chi connectivity index (χ1) is 14.1. The Balaban J connectivity index is 0.00000256. The summed E-state index contributed by atoms with van der Waals surface area (Å²) in [7, 11) is 0. The summed E-state index contributed by atoms with van der Waals surface area (Å²) in [6, 6.07) is 17.0. The van der Waals surface area contributed by atoms with Crippen LogP contribution in [0.2, 0.25) is 0 Å². The van der Waals surface area contributed by atoms with Crippen molar-refractivity contribution in [1.29, 1.82) is 0 Å². The molecule has 160 valence electrons. The maximum absolute atomic E-state index is 12.7. The van der Waals surface area contributed by atoms with Gasteiger partial charge in [0.1, 0.15) is 11.6 Å². The lowest BCUT2D eigenvalue weighted by molar-refractivity contribution is -0.119. The fourth-order valence-corrected chi connectivity index (χ4v) is 4.62. The third-order valence-electron chi connectivity index (χ3n) is 6.19. The Morgan fingerprint density at radius 1 is 1.07 bits per heavy atom. The maximum Gasteiger partial charge on any atom is 0.137 e. The highest BCUT2D eigenvalue weighted by Gasteiger charge is 2.21. The molecule has 4 rings (SSSR count). The fourth-order valence-electron chi connectivity index (χ4n) is 4.62. The highest BCUT2D eigenvalue weighted by Crippen LogP contribution is 2.24. The predicted molar refractivity (Wildman–Crippen MR) is 125 cm³/mol. The minimum Gasteiger partial charge on any atom is -0.329 e. The van der Waals surface area contributed by atoms with Crippen molar-refractivity contribution in [2.24, 2.45) is 5.92 Å². The van der Waals surface area contributed by atoms with Crippen LogP contribution in [-0.4, -0.2) is 33.3 Å². The molecule has 2 aromatic carbocycles. The van der Waals surface area contributed by atoms with Crippen molar-refractivity contribution in [1.82, 2.24) is 14.5 Å². The van der Waals surface area contributed by atoms with Crippen LogP contribution in [-0.2, 0) is 24.3 Å². The van der Waals surface area contributed by atoms with E-state index in [1.165, 1.54) is 5.56 Å². The third kappa shape index (κ3) is 5.30. The number of ketones is 1. The molecule has 0 spiro atoms. The molecule has 0 amide bonds. The van der Waals surface area contributed by atoms with E-state index in [9.17, 15) is 4.79 Å². The number of Topliss-reactive ketones (excluding diaryl/α,β-unsaturated/α-hetero) is 1. The van der Waals surface area contributed by atoms with Gasteiger partial charge in [-0.1, -0.05) is 36.4 Å². The second-order valence-electron chi connectivity index (χ2n) is 8.35. The fraction of sp³-hybridized carbons (Fsp3) is 0.440. The Hall–Kier alpha value is -2.17. The van der Waals surface area contributed by atoms with Crippen LogP contribution in [0.5, 0.6) is 0 Å². The Morgan fingerprint density at radius 2 is 1.80 bits per heavy atom. The van der Waals surface area contributed by atoms with Gasteiger partial charge in [0.05, 0.1) is 11.0 Å². The summed E-state index contributed by atoms with van der Waals surface area (Å²) in [5.41, 5.74) is 4.62. The third-order valence-corrected chi connectivity index (χ3v) is 6.19. The number of imidazole rings is 1. The van der Waals surface area contributed by atoms with Gasteiger partial charge in [-0.2, -0.15) is 0 Å². The van der Waals surface area contributed by atoms with Gasteiger partial charge in [0.2, 0.25) is 0 Å². The average molecular weight is 426 g/mol. The number of aryl methyl sites for hydroxylation is 2. The zero-order valence-electron chi connectivity index (χ0n) is 18.0. The van der Waals surface area contributed by atoms with Gasteiger partial charge in [0.25, 0.3) is 0 Å². The van der Waals surface area contributed by atoms with Crippen molar-refractivity contribution >= 4 is 29.2 Å². The number of fused-ring (bicyclic) bond motifs is 1. The van der Waals surface area contributed by atoms with Gasteiger partial charge in [-0.05, 0) is 69.0 Å². The number of rotatable bonds is 7. The number of piperidine rings is 1. The Kier molecular flexibility index (Phi) is 7.68. The van der Waals surface area contributed by atoms with Crippen molar-refractivity contribution in [2.75, 3.05) is 13.1 Å². The van der Waals surface area contributed by atoms with Crippen LogP contribution in [0.15, 0.2) is 48.5 Å². The van der Waals surface area contributed by atoms with E-state index in [1.807, 2.05) is 6.92 Å². The molecule has 5 heteroatoms. The predicted octanol–water partition coefficient (Wildman–Crippen LogP) is 5.20. The quantitative estimate of drug-likeness (QED) is 0.522. The summed E-state index contributed by atoms with van der Waals surface area (Å²) in [5.74, 6) is 1.92. The highest BCUT2D eigenvalue weighted by molar-refractivity contribution is 5.85. The first-order valence-corrected chi connectivity index (χ1v) is 10.9. The summed E-state index contributed by atoms with van der Waals surface area (Å²) in [6.07, 6.45) is 3.48. The lowest BCUT2D eigenvalue weighted by Gasteiger charge is -2.31. The number of carbonyl (C=O) groups excluding carboxylic acids is 1. The van der Waals surface area contributed by atoms with Crippen LogP contribution in [0.3, 0.4) is 0 Å². The van der Waals surface area contributed by atoms with E-state index in [-0.39, 0.29) is 12.4 Å². The molecule has 3 aromatic rings. The molecule has 1 aliphatic rings. The molecular formula is C25H32ClN3O. The van der Waals surface area contributed by atoms with Gasteiger partial charge >= 0.3 is 0 Å². The second kappa shape index (κ2) is 10.2. The molecule has 0 radical (unpaired) electrons. The molecule has 1 aromatic heterocycles. The molecule has 1 aliphatic heterocycles. The molecule has 4 nitrogen and oxygen atoms in total. The number of nitrogens with zero attached hydrogens (tertiary/aromatic N) is 3. The lowest BCUT2D eigenvalue weighted by atomic mass is 9.90. The molecule has 0 aliphatic carbocycles. The number of likely N-dealkylation sites (tertiary alicyclic amines) is 1. The van der Waals surface area contributed by atoms with Crippen molar-refractivity contribution in [3.05, 3.63) is 65.5 Å². The van der Waals surface area contributed by atoms with E-state index in [0.717, 1.165) is 61.4 Å². The highest BCUT2D eigenvalue weighted by atomic mass is 35.5. The summed E-state index contributed by atoms with van der Waals surface area (Å²) >= 11 is 0. The second-order valence-corrected chi connectivity index (χ2v) is 8.35. The van der Waals surface area contributed by atoms with Crippen molar-refractivity contribution in [3.8, 4) is 0 Å². The van der Waals surface area contributed by atoms with E-state index in [0.29, 0.717) is 24.5 Å². The van der Waals surface area contributed by atoms with Crippen molar-refractivity contribution in [2.45, 2.75) is 52.6 Å². The number of hydrogen-bond acceptors (Lipinski definition) is 3. The summed E-state index contributed by atoms with van der Waals surface area (Å²) in [4.78, 5) is 19.8. The van der Waals surface area contributed by atoms with Crippen LogP contribution in [0.1, 0.15) is 43.1 Å². The van der Waals surface area contributed by atoms with Gasteiger partial charge in [-0.15, -0.1) is 12.4 Å². The molecule has 0 unspecified atom stereocenters. The first kappa shape index (κ1) is 22.5. The van der Waals surface area contributed by atoms with E-state index >= 15 is 0 Å². The van der Waals surface area contributed by atoms with Gasteiger partial charge in [-0.25, -0.2) is 4.98 Å². The normalized spacial score (nSPS) is 15.3. The smallest absolute Gasteiger partial charge is 0.137 e. The molecule has 1 saturated heterocycles. The van der Waals surface area contributed by atoms with Crippen LogP contribution in [0.25, 0.3) is 11.0 Å². The van der Waals surface area contributed by atoms with E-state index in [2.05, 4.69) is 69.9 Å². The Morgan fingerprint density at radius 3 is 2.50 bits per heavy atom. The van der Waals surface area contributed by atoms with Crippen LogP contribution < -0.4 is 0 Å². The van der Waals surface area contributed by atoms with Crippen molar-refractivity contribution < 1.29 is 4.79 Å². The minimum absolute atomic E-state index is 0. The molecule has 0 saturated carbocycles. The number of carbonyl (C=O) groups is 1. The van der Waals surface area contributed by atoms with Gasteiger partial charge in [0.15, 0.2) is 0 Å². The van der Waals surface area contributed by atoms with Gasteiger partial charge in [-0.3, -0.25) is 9.69 Å². The average Bonchev–Trinajstić information content (AvgIpc) is 3.04.